The lowest BCUT2D eigenvalue weighted by molar-refractivity contribution is -0.114. The lowest BCUT2D eigenvalue weighted by Crippen LogP contribution is -2.30. The maximum atomic E-state index is 13.4. The number of benzene rings is 3. The van der Waals surface area contributed by atoms with E-state index in [0.717, 1.165) is 22.2 Å². The third-order valence-corrected chi connectivity index (χ3v) is 6.50. The molecule has 1 aliphatic rings. The molecule has 6 nitrogen and oxygen atoms in total. The number of likely N-dealkylation sites (N-methyl/N-ethyl adjacent to an activating group) is 1. The van der Waals surface area contributed by atoms with Gasteiger partial charge in [-0.15, -0.1) is 0 Å². The summed E-state index contributed by atoms with van der Waals surface area (Å²) < 4.78 is 13.5. The number of anilines is 1. The zero-order valence-corrected chi connectivity index (χ0v) is 20.4. The number of aromatic nitrogens is 1. The number of methoxy groups -OCH3 is 1. The van der Waals surface area contributed by atoms with Crippen molar-refractivity contribution in [2.24, 2.45) is 0 Å². The number of fused-ring (bicyclic) bond motifs is 1. The molecular formula is C28H25N3O3S. The molecule has 1 fully saturated rings. The van der Waals surface area contributed by atoms with Crippen molar-refractivity contribution in [2.75, 3.05) is 25.7 Å². The van der Waals surface area contributed by atoms with Gasteiger partial charge in [-0.25, -0.2) is 0 Å². The molecular weight excluding hydrogens is 458 g/mol. The molecule has 1 saturated heterocycles. The van der Waals surface area contributed by atoms with Gasteiger partial charge in [-0.3, -0.25) is 9.69 Å². The first kappa shape index (κ1) is 22.7. The van der Waals surface area contributed by atoms with E-state index in [1.807, 2.05) is 79.9 Å². The third-order valence-electron chi connectivity index (χ3n) is 6.05. The standard InChI is InChI=1S/C28H25N3O3S/c1-29-24(27(32)31(28(29)35)21-10-4-3-5-11-21)18-20-19-30(23-13-7-6-12-22(20)23)16-17-34-26-15-9-8-14-25(26)33-2/h3-15,18-19H,16-17H2,1-2H3/b24-18-. The van der Waals surface area contributed by atoms with Crippen LogP contribution in [0.4, 0.5) is 5.69 Å². The number of hydrogen-bond acceptors (Lipinski definition) is 4. The first-order valence-electron chi connectivity index (χ1n) is 11.3. The van der Waals surface area contributed by atoms with Crippen LogP contribution in [-0.4, -0.2) is 41.3 Å². The molecule has 0 atom stereocenters. The first-order chi connectivity index (χ1) is 17.1. The Bertz CT molecular complexity index is 1430. The van der Waals surface area contributed by atoms with Crippen LogP contribution in [0.25, 0.3) is 17.0 Å². The van der Waals surface area contributed by atoms with Gasteiger partial charge >= 0.3 is 0 Å². The van der Waals surface area contributed by atoms with Crippen LogP contribution in [0.1, 0.15) is 5.56 Å². The predicted octanol–water partition coefficient (Wildman–Crippen LogP) is 5.33. The Kier molecular flexibility index (Phi) is 6.25. The van der Waals surface area contributed by atoms with E-state index in [1.165, 1.54) is 0 Å². The molecule has 0 saturated carbocycles. The van der Waals surface area contributed by atoms with E-state index in [9.17, 15) is 4.79 Å². The normalized spacial score (nSPS) is 14.9. The molecule has 3 aromatic carbocycles. The van der Waals surface area contributed by atoms with Gasteiger partial charge < -0.3 is 18.9 Å². The minimum atomic E-state index is -0.139. The summed E-state index contributed by atoms with van der Waals surface area (Å²) in [7, 11) is 3.46. The Morgan fingerprint density at radius 2 is 1.60 bits per heavy atom. The summed E-state index contributed by atoms with van der Waals surface area (Å²) in [5, 5.41) is 1.52. The summed E-state index contributed by atoms with van der Waals surface area (Å²) >= 11 is 5.60. The number of carbonyl (C=O) groups is 1. The van der Waals surface area contributed by atoms with Gasteiger partial charge in [0.05, 0.1) is 19.3 Å². The fourth-order valence-electron chi connectivity index (χ4n) is 4.28. The van der Waals surface area contributed by atoms with Gasteiger partial charge in [0.25, 0.3) is 5.91 Å². The Morgan fingerprint density at radius 3 is 2.37 bits per heavy atom. The van der Waals surface area contributed by atoms with Crippen LogP contribution >= 0.6 is 12.2 Å². The highest BCUT2D eigenvalue weighted by atomic mass is 32.1. The van der Waals surface area contributed by atoms with Crippen molar-refractivity contribution in [1.29, 1.82) is 0 Å². The molecule has 176 valence electrons. The van der Waals surface area contributed by atoms with Crippen molar-refractivity contribution < 1.29 is 14.3 Å². The van der Waals surface area contributed by atoms with Gasteiger partial charge in [0, 0.05) is 29.7 Å². The Balaban J connectivity index is 1.43. The molecule has 1 amide bonds. The number of nitrogens with zero attached hydrogens (tertiary/aromatic N) is 3. The number of rotatable bonds is 7. The number of hydrogen-bond donors (Lipinski definition) is 0. The molecule has 7 heteroatoms. The molecule has 0 radical (unpaired) electrons. The van der Waals surface area contributed by atoms with Crippen molar-refractivity contribution in [1.82, 2.24) is 9.47 Å². The minimum absolute atomic E-state index is 0.139. The zero-order chi connectivity index (χ0) is 24.4. The summed E-state index contributed by atoms with van der Waals surface area (Å²) in [6.07, 6.45) is 3.97. The topological polar surface area (TPSA) is 46.9 Å². The molecule has 0 N–H and O–H groups in total. The van der Waals surface area contributed by atoms with E-state index >= 15 is 0 Å². The summed E-state index contributed by atoms with van der Waals surface area (Å²) in [5.41, 5.74) is 3.31. The lowest BCUT2D eigenvalue weighted by Gasteiger charge is -2.16. The number of para-hydroxylation sites is 4. The second-order valence-electron chi connectivity index (χ2n) is 8.14. The Morgan fingerprint density at radius 1 is 0.914 bits per heavy atom. The van der Waals surface area contributed by atoms with Gasteiger partial charge in [0.15, 0.2) is 16.6 Å². The Labute approximate surface area is 209 Å². The summed E-state index contributed by atoms with van der Waals surface area (Å²) in [4.78, 5) is 16.7. The van der Waals surface area contributed by atoms with Crippen LogP contribution in [0, 0.1) is 0 Å². The average Bonchev–Trinajstić information content (AvgIpc) is 3.34. The van der Waals surface area contributed by atoms with Crippen molar-refractivity contribution in [3.05, 3.63) is 96.3 Å². The lowest BCUT2D eigenvalue weighted by atomic mass is 10.1. The zero-order valence-electron chi connectivity index (χ0n) is 19.5. The maximum absolute atomic E-state index is 13.4. The molecule has 0 unspecified atom stereocenters. The van der Waals surface area contributed by atoms with Crippen LogP contribution in [0.2, 0.25) is 0 Å². The SMILES string of the molecule is COc1ccccc1OCCn1cc(/C=C2/C(=O)N(c3ccccc3)C(=S)N2C)c2ccccc21. The summed E-state index contributed by atoms with van der Waals surface area (Å²) in [6.45, 7) is 1.11. The largest absolute Gasteiger partial charge is 0.493 e. The first-order valence-corrected chi connectivity index (χ1v) is 11.7. The smallest absolute Gasteiger partial charge is 0.281 e. The molecule has 0 bridgehead atoms. The van der Waals surface area contributed by atoms with Gasteiger partial charge in [-0.1, -0.05) is 48.5 Å². The van der Waals surface area contributed by atoms with Crippen LogP contribution < -0.4 is 14.4 Å². The van der Waals surface area contributed by atoms with E-state index in [4.69, 9.17) is 21.7 Å². The van der Waals surface area contributed by atoms with Crippen LogP contribution in [0.15, 0.2) is 90.8 Å². The molecule has 4 aromatic rings. The van der Waals surface area contributed by atoms with Crippen molar-refractivity contribution >= 4 is 45.9 Å². The Hall–Kier alpha value is -4.10. The van der Waals surface area contributed by atoms with Gasteiger partial charge in [0.1, 0.15) is 12.3 Å². The second-order valence-corrected chi connectivity index (χ2v) is 8.51. The molecule has 1 aliphatic heterocycles. The number of carbonyl (C=O) groups excluding carboxylic acids is 1. The van der Waals surface area contributed by atoms with Gasteiger partial charge in [-0.2, -0.15) is 0 Å². The van der Waals surface area contributed by atoms with Crippen molar-refractivity contribution in [3.8, 4) is 11.5 Å². The molecule has 5 rings (SSSR count). The molecule has 0 aliphatic carbocycles. The number of thiocarbonyl (C=S) groups is 1. The van der Waals surface area contributed by atoms with E-state index < -0.39 is 0 Å². The quantitative estimate of drug-likeness (QED) is 0.263. The highest BCUT2D eigenvalue weighted by Crippen LogP contribution is 2.31. The highest BCUT2D eigenvalue weighted by Gasteiger charge is 2.36. The molecule has 2 heterocycles. The molecule has 1 aromatic heterocycles. The van der Waals surface area contributed by atoms with Crippen molar-refractivity contribution in [2.45, 2.75) is 6.54 Å². The summed E-state index contributed by atoms with van der Waals surface area (Å²) in [5.74, 6) is 1.28. The fraction of sp³-hybridized carbons (Fsp3) is 0.143. The van der Waals surface area contributed by atoms with Crippen molar-refractivity contribution in [3.63, 3.8) is 0 Å². The predicted molar refractivity (Wildman–Crippen MR) is 143 cm³/mol. The second kappa shape index (κ2) is 9.64. The number of ether oxygens (including phenoxy) is 2. The minimum Gasteiger partial charge on any atom is -0.493 e. The maximum Gasteiger partial charge on any atom is 0.281 e. The van der Waals surface area contributed by atoms with E-state index in [-0.39, 0.29) is 5.91 Å². The van der Waals surface area contributed by atoms with E-state index in [2.05, 4.69) is 22.9 Å². The van der Waals surface area contributed by atoms with E-state index in [1.54, 1.807) is 16.9 Å². The average molecular weight is 484 g/mol. The van der Waals surface area contributed by atoms with E-state index in [0.29, 0.717) is 35.5 Å². The van der Waals surface area contributed by atoms with Gasteiger partial charge in [-0.05, 0) is 48.6 Å². The van der Waals surface area contributed by atoms with Crippen LogP contribution in [0.5, 0.6) is 11.5 Å². The highest BCUT2D eigenvalue weighted by molar-refractivity contribution is 7.80. The third kappa shape index (κ3) is 4.26. The molecule has 0 spiro atoms. The fourth-order valence-corrected chi connectivity index (χ4v) is 4.56. The van der Waals surface area contributed by atoms with Crippen LogP contribution in [0.3, 0.4) is 0 Å². The monoisotopic (exact) mass is 483 g/mol. The van der Waals surface area contributed by atoms with Gasteiger partial charge in [0.2, 0.25) is 0 Å². The number of amides is 1. The molecule has 35 heavy (non-hydrogen) atoms. The summed E-state index contributed by atoms with van der Waals surface area (Å²) in [6, 6.07) is 25.2. The van der Waals surface area contributed by atoms with Crippen LogP contribution in [-0.2, 0) is 11.3 Å².